The van der Waals surface area contributed by atoms with Gasteiger partial charge in [-0.2, -0.15) is 10.2 Å². The third-order valence-corrected chi connectivity index (χ3v) is 2.77. The van der Waals surface area contributed by atoms with Crippen molar-refractivity contribution in [3.63, 3.8) is 0 Å². The van der Waals surface area contributed by atoms with Gasteiger partial charge in [0.1, 0.15) is 17.2 Å². The SMILES string of the molecule is CCOc1ccc(N=C(NO)/C(C)=N/N=C/c2ccco2)cc1. The van der Waals surface area contributed by atoms with Crippen LogP contribution in [0.25, 0.3) is 0 Å². The summed E-state index contributed by atoms with van der Waals surface area (Å²) >= 11 is 0. The summed E-state index contributed by atoms with van der Waals surface area (Å²) in [5.41, 5.74) is 3.09. The van der Waals surface area contributed by atoms with E-state index < -0.39 is 0 Å². The maximum Gasteiger partial charge on any atom is 0.173 e. The Balaban J connectivity index is 2.10. The number of aliphatic imine (C=N–C) groups is 1. The first-order valence-corrected chi connectivity index (χ1v) is 7.06. The van der Waals surface area contributed by atoms with E-state index in [-0.39, 0.29) is 5.84 Å². The molecule has 0 bridgehead atoms. The molecule has 2 N–H and O–H groups in total. The van der Waals surface area contributed by atoms with Crippen molar-refractivity contribution >= 4 is 23.4 Å². The molecule has 1 aromatic carbocycles. The molecule has 0 fully saturated rings. The summed E-state index contributed by atoms with van der Waals surface area (Å²) in [7, 11) is 0. The summed E-state index contributed by atoms with van der Waals surface area (Å²) in [6.45, 7) is 4.20. The van der Waals surface area contributed by atoms with Crippen LogP contribution in [0.3, 0.4) is 0 Å². The molecule has 0 saturated carbocycles. The Bertz CT molecular complexity index is 689. The van der Waals surface area contributed by atoms with Crippen molar-refractivity contribution in [2.45, 2.75) is 13.8 Å². The van der Waals surface area contributed by atoms with E-state index in [4.69, 9.17) is 9.15 Å². The van der Waals surface area contributed by atoms with Crippen molar-refractivity contribution in [3.8, 4) is 5.75 Å². The highest BCUT2D eigenvalue weighted by Crippen LogP contribution is 2.18. The van der Waals surface area contributed by atoms with Crippen LogP contribution in [0.5, 0.6) is 5.75 Å². The Hall–Kier alpha value is -2.93. The molecule has 0 aliphatic heterocycles. The highest BCUT2D eigenvalue weighted by Gasteiger charge is 2.03. The normalized spacial score (nSPS) is 12.7. The minimum atomic E-state index is 0.200. The Morgan fingerprint density at radius 2 is 2.09 bits per heavy atom. The zero-order chi connectivity index (χ0) is 16.5. The first-order chi connectivity index (χ1) is 11.2. The Labute approximate surface area is 134 Å². The molecule has 7 heteroatoms. The second-order valence-electron chi connectivity index (χ2n) is 4.44. The average Bonchev–Trinajstić information content (AvgIpc) is 3.07. The maximum atomic E-state index is 9.22. The molecular weight excluding hydrogens is 296 g/mol. The number of benzene rings is 1. The van der Waals surface area contributed by atoms with Crippen LogP contribution in [0, 0.1) is 0 Å². The van der Waals surface area contributed by atoms with Crippen LogP contribution in [0.2, 0.25) is 0 Å². The van der Waals surface area contributed by atoms with Crippen LogP contribution in [0.15, 0.2) is 62.3 Å². The van der Waals surface area contributed by atoms with Gasteiger partial charge in [0.15, 0.2) is 5.84 Å². The van der Waals surface area contributed by atoms with Gasteiger partial charge in [-0.15, -0.1) is 0 Å². The minimum Gasteiger partial charge on any atom is -0.494 e. The number of hydrogen-bond acceptors (Lipinski definition) is 6. The minimum absolute atomic E-state index is 0.200. The Morgan fingerprint density at radius 3 is 2.70 bits per heavy atom. The van der Waals surface area contributed by atoms with Crippen LogP contribution in [0.4, 0.5) is 5.69 Å². The molecule has 23 heavy (non-hydrogen) atoms. The van der Waals surface area contributed by atoms with E-state index >= 15 is 0 Å². The predicted molar refractivity (Wildman–Crippen MR) is 89.0 cm³/mol. The second-order valence-corrected chi connectivity index (χ2v) is 4.44. The summed E-state index contributed by atoms with van der Waals surface area (Å²) in [6, 6.07) is 10.7. The molecule has 0 spiro atoms. The van der Waals surface area contributed by atoms with Gasteiger partial charge in [-0.1, -0.05) is 0 Å². The third kappa shape index (κ3) is 5.08. The number of ether oxygens (including phenoxy) is 1. The quantitative estimate of drug-likeness (QED) is 0.486. The Kier molecular flexibility index (Phi) is 6.07. The van der Waals surface area contributed by atoms with Crippen molar-refractivity contribution < 1.29 is 14.4 Å². The van der Waals surface area contributed by atoms with Gasteiger partial charge >= 0.3 is 0 Å². The summed E-state index contributed by atoms with van der Waals surface area (Å²) in [5, 5.41) is 17.1. The van der Waals surface area contributed by atoms with Gasteiger partial charge in [0.2, 0.25) is 0 Å². The van der Waals surface area contributed by atoms with E-state index in [2.05, 4.69) is 15.2 Å². The standard InChI is InChI=1S/C16H18N4O3/c1-3-22-14-8-6-13(7-9-14)18-16(20-21)12(2)19-17-11-15-5-4-10-23-15/h4-11,21H,3H2,1-2H3,(H,18,20)/b17-11+,19-12+. The fourth-order valence-electron chi connectivity index (χ4n) is 1.68. The number of nitrogens with one attached hydrogen (secondary N) is 1. The smallest absolute Gasteiger partial charge is 0.173 e. The molecule has 2 rings (SSSR count). The number of hydroxylamine groups is 1. The lowest BCUT2D eigenvalue weighted by atomic mass is 10.3. The molecular formula is C16H18N4O3. The van der Waals surface area contributed by atoms with Gasteiger partial charge in [0, 0.05) is 0 Å². The summed E-state index contributed by atoms with van der Waals surface area (Å²) < 4.78 is 10.5. The van der Waals surface area contributed by atoms with Crippen LogP contribution >= 0.6 is 0 Å². The Morgan fingerprint density at radius 1 is 1.30 bits per heavy atom. The zero-order valence-corrected chi connectivity index (χ0v) is 12.9. The summed E-state index contributed by atoms with van der Waals surface area (Å²) in [5.74, 6) is 1.55. The fraction of sp³-hybridized carbons (Fsp3) is 0.188. The molecule has 0 amide bonds. The zero-order valence-electron chi connectivity index (χ0n) is 12.9. The topological polar surface area (TPSA) is 91.7 Å². The van der Waals surface area contributed by atoms with Gasteiger partial charge in [-0.25, -0.2) is 4.99 Å². The van der Waals surface area contributed by atoms with Gasteiger partial charge in [0.05, 0.1) is 24.8 Å². The van der Waals surface area contributed by atoms with Crippen molar-refractivity contribution in [2.75, 3.05) is 6.61 Å². The lowest BCUT2D eigenvalue weighted by molar-refractivity contribution is 0.236. The van der Waals surface area contributed by atoms with Crippen LogP contribution in [0.1, 0.15) is 19.6 Å². The van der Waals surface area contributed by atoms with Crippen molar-refractivity contribution in [1.29, 1.82) is 0 Å². The van der Waals surface area contributed by atoms with Crippen LogP contribution in [-0.4, -0.2) is 29.6 Å². The van der Waals surface area contributed by atoms with Crippen molar-refractivity contribution in [1.82, 2.24) is 5.48 Å². The molecule has 1 aromatic heterocycles. The third-order valence-electron chi connectivity index (χ3n) is 2.77. The number of hydrogen-bond donors (Lipinski definition) is 2. The van der Waals surface area contributed by atoms with Gasteiger partial charge in [0.25, 0.3) is 0 Å². The number of nitrogens with zero attached hydrogens (tertiary/aromatic N) is 3. The van der Waals surface area contributed by atoms with Gasteiger partial charge in [-0.05, 0) is 50.2 Å². The monoisotopic (exact) mass is 314 g/mol. The second kappa shape index (κ2) is 8.50. The maximum absolute atomic E-state index is 9.22. The molecule has 7 nitrogen and oxygen atoms in total. The van der Waals surface area contributed by atoms with E-state index in [1.54, 1.807) is 49.6 Å². The first kappa shape index (κ1) is 16.4. The lowest BCUT2D eigenvalue weighted by Gasteiger charge is -2.05. The molecule has 120 valence electrons. The van der Waals surface area contributed by atoms with E-state index in [1.807, 2.05) is 12.4 Å². The molecule has 0 aliphatic rings. The molecule has 2 aromatic rings. The fourth-order valence-corrected chi connectivity index (χ4v) is 1.68. The van der Waals surface area contributed by atoms with Crippen LogP contribution < -0.4 is 10.2 Å². The van der Waals surface area contributed by atoms with E-state index in [0.29, 0.717) is 23.8 Å². The van der Waals surface area contributed by atoms with Crippen LogP contribution in [-0.2, 0) is 0 Å². The number of furan rings is 1. The van der Waals surface area contributed by atoms with E-state index in [9.17, 15) is 5.21 Å². The average molecular weight is 314 g/mol. The highest BCUT2D eigenvalue weighted by molar-refractivity contribution is 6.40. The number of amidine groups is 1. The van der Waals surface area contributed by atoms with Crippen molar-refractivity contribution in [3.05, 3.63) is 48.4 Å². The molecule has 0 radical (unpaired) electrons. The lowest BCUT2D eigenvalue weighted by Crippen LogP contribution is -2.26. The molecule has 1 heterocycles. The van der Waals surface area contributed by atoms with E-state index in [1.165, 1.54) is 6.21 Å². The first-order valence-electron chi connectivity index (χ1n) is 7.06. The van der Waals surface area contributed by atoms with Gasteiger partial charge in [-0.3, -0.25) is 10.7 Å². The summed E-state index contributed by atoms with van der Waals surface area (Å²) in [4.78, 5) is 4.27. The van der Waals surface area contributed by atoms with Gasteiger partial charge < -0.3 is 9.15 Å². The molecule has 0 unspecified atom stereocenters. The number of rotatable bonds is 6. The van der Waals surface area contributed by atoms with E-state index in [0.717, 1.165) is 5.75 Å². The summed E-state index contributed by atoms with van der Waals surface area (Å²) in [6.07, 6.45) is 3.02. The molecule has 0 saturated heterocycles. The largest absolute Gasteiger partial charge is 0.494 e. The highest BCUT2D eigenvalue weighted by atomic mass is 16.5. The van der Waals surface area contributed by atoms with Crippen molar-refractivity contribution in [2.24, 2.45) is 15.2 Å². The molecule has 0 aliphatic carbocycles. The molecule has 0 atom stereocenters. The predicted octanol–water partition coefficient (Wildman–Crippen LogP) is 3.18.